The summed E-state index contributed by atoms with van der Waals surface area (Å²) in [6.45, 7) is 4.28. The van der Waals surface area contributed by atoms with Crippen LogP contribution in [0.4, 0.5) is 4.39 Å². The van der Waals surface area contributed by atoms with Gasteiger partial charge >= 0.3 is 0 Å². The smallest absolute Gasteiger partial charge is 0.243 e. The lowest BCUT2D eigenvalue weighted by Crippen LogP contribution is -2.32. The van der Waals surface area contributed by atoms with Crippen LogP contribution < -0.4 is 5.73 Å². The second-order valence-corrected chi connectivity index (χ2v) is 7.23. The number of nitrogens with zero attached hydrogens (tertiary/aromatic N) is 1. The van der Waals surface area contributed by atoms with E-state index in [0.717, 1.165) is 12.5 Å². The molecule has 0 spiro atoms. The minimum absolute atomic E-state index is 0.184. The van der Waals surface area contributed by atoms with E-state index in [2.05, 4.69) is 0 Å². The van der Waals surface area contributed by atoms with Gasteiger partial charge in [-0.2, -0.15) is 0 Å². The molecule has 0 saturated heterocycles. The summed E-state index contributed by atoms with van der Waals surface area (Å²) in [4.78, 5) is -0.450. The Balaban J connectivity index is 3.29. The highest BCUT2D eigenvalue weighted by molar-refractivity contribution is 7.89. The van der Waals surface area contributed by atoms with Crippen molar-refractivity contribution < 1.29 is 12.8 Å². The maximum atomic E-state index is 13.8. The van der Waals surface area contributed by atoms with Crippen LogP contribution in [-0.4, -0.2) is 31.3 Å². The maximum absolute atomic E-state index is 13.8. The molecule has 1 unspecified atom stereocenters. The quantitative estimate of drug-likeness (QED) is 0.816. The Labute approximate surface area is 124 Å². The Bertz CT molecular complexity index is 602. The van der Waals surface area contributed by atoms with Gasteiger partial charge in [0.05, 0.1) is 10.5 Å². The van der Waals surface area contributed by atoms with Crippen LogP contribution in [0.1, 0.15) is 25.8 Å². The minimum atomic E-state index is -3.82. The first-order valence-corrected chi connectivity index (χ1v) is 8.11. The normalized spacial score (nSPS) is 13.4. The molecule has 2 N–H and O–H groups in total. The van der Waals surface area contributed by atoms with Gasteiger partial charge in [0.2, 0.25) is 10.0 Å². The molecule has 0 aromatic heterocycles. The van der Waals surface area contributed by atoms with Gasteiger partial charge in [-0.25, -0.2) is 17.1 Å². The molecule has 0 fully saturated rings. The van der Waals surface area contributed by atoms with E-state index in [0.29, 0.717) is 6.54 Å². The van der Waals surface area contributed by atoms with Crippen LogP contribution >= 0.6 is 12.2 Å². The first kappa shape index (κ1) is 17.0. The highest BCUT2D eigenvalue weighted by Crippen LogP contribution is 2.23. The van der Waals surface area contributed by atoms with Crippen LogP contribution in [0, 0.1) is 11.7 Å². The molecule has 1 aromatic carbocycles. The molecule has 0 radical (unpaired) electrons. The van der Waals surface area contributed by atoms with Gasteiger partial charge in [0.15, 0.2) is 0 Å². The van der Waals surface area contributed by atoms with E-state index in [1.165, 1.54) is 23.5 Å². The molecular formula is C13H19FN2O2S2. The van der Waals surface area contributed by atoms with E-state index < -0.39 is 15.8 Å². The molecular weight excluding hydrogens is 299 g/mol. The first-order valence-electron chi connectivity index (χ1n) is 6.26. The van der Waals surface area contributed by atoms with Crippen molar-refractivity contribution in [3.8, 4) is 0 Å². The van der Waals surface area contributed by atoms with Gasteiger partial charge in [-0.05, 0) is 18.1 Å². The average molecular weight is 318 g/mol. The van der Waals surface area contributed by atoms with Gasteiger partial charge in [-0.15, -0.1) is 0 Å². The Morgan fingerprint density at radius 3 is 2.60 bits per heavy atom. The molecule has 0 heterocycles. The van der Waals surface area contributed by atoms with Crippen molar-refractivity contribution in [1.29, 1.82) is 0 Å². The summed E-state index contributed by atoms with van der Waals surface area (Å²) >= 11 is 4.76. The fourth-order valence-corrected chi connectivity index (χ4v) is 3.57. The molecule has 1 atom stereocenters. The first-order chi connectivity index (χ1) is 9.21. The van der Waals surface area contributed by atoms with E-state index in [1.807, 2.05) is 13.8 Å². The van der Waals surface area contributed by atoms with E-state index in [-0.39, 0.29) is 21.4 Å². The van der Waals surface area contributed by atoms with E-state index in [1.54, 1.807) is 0 Å². The fraction of sp³-hybridized carbons (Fsp3) is 0.462. The molecule has 0 amide bonds. The summed E-state index contributed by atoms with van der Waals surface area (Å²) < 4.78 is 40.0. The number of rotatable bonds is 6. The molecule has 7 heteroatoms. The zero-order valence-corrected chi connectivity index (χ0v) is 13.4. The predicted octanol–water partition coefficient (Wildman–Crippen LogP) is 2.13. The van der Waals surface area contributed by atoms with Crippen LogP contribution in [0.5, 0.6) is 0 Å². The molecule has 0 aliphatic heterocycles. The molecule has 1 rings (SSSR count). The Morgan fingerprint density at radius 2 is 2.10 bits per heavy atom. The largest absolute Gasteiger partial charge is 0.389 e. The van der Waals surface area contributed by atoms with Crippen molar-refractivity contribution in [3.05, 3.63) is 29.6 Å². The molecule has 0 aliphatic carbocycles. The molecule has 20 heavy (non-hydrogen) atoms. The minimum Gasteiger partial charge on any atom is -0.389 e. The van der Waals surface area contributed by atoms with E-state index in [9.17, 15) is 12.8 Å². The maximum Gasteiger partial charge on any atom is 0.243 e. The van der Waals surface area contributed by atoms with Crippen molar-refractivity contribution in [2.24, 2.45) is 11.7 Å². The molecule has 0 saturated carbocycles. The zero-order chi connectivity index (χ0) is 15.5. The number of nitrogens with two attached hydrogens (primary N) is 1. The number of hydrogen-bond donors (Lipinski definition) is 1. The number of halogens is 1. The lowest BCUT2D eigenvalue weighted by molar-refractivity contribution is 0.393. The predicted molar refractivity (Wildman–Crippen MR) is 81.6 cm³/mol. The summed E-state index contributed by atoms with van der Waals surface area (Å²) in [5.41, 5.74) is 5.22. The Hall–Kier alpha value is -1.05. The lowest BCUT2D eigenvalue weighted by atomic mass is 10.1. The van der Waals surface area contributed by atoms with Crippen molar-refractivity contribution >= 4 is 27.2 Å². The standard InChI is InChI=1S/C13H19FN2O2S2/c1-4-9(2)8-16(3)20(17,18)11-7-5-6-10(14)12(11)13(15)19/h5-7,9H,4,8H2,1-3H3,(H2,15,19). The summed E-state index contributed by atoms with van der Waals surface area (Å²) in [7, 11) is -2.35. The highest BCUT2D eigenvalue weighted by atomic mass is 32.2. The van der Waals surface area contributed by atoms with Gasteiger partial charge in [-0.1, -0.05) is 38.6 Å². The van der Waals surface area contributed by atoms with Gasteiger partial charge in [-0.3, -0.25) is 0 Å². The zero-order valence-electron chi connectivity index (χ0n) is 11.8. The monoisotopic (exact) mass is 318 g/mol. The number of benzene rings is 1. The van der Waals surface area contributed by atoms with Crippen LogP contribution in [0.15, 0.2) is 23.1 Å². The third-order valence-corrected chi connectivity index (χ3v) is 5.25. The summed E-state index contributed by atoms with van der Waals surface area (Å²) in [5.74, 6) is -0.521. The van der Waals surface area contributed by atoms with Crippen LogP contribution in [0.3, 0.4) is 0 Å². The van der Waals surface area contributed by atoms with Gasteiger partial charge in [0, 0.05) is 13.6 Å². The summed E-state index contributed by atoms with van der Waals surface area (Å²) in [6, 6.07) is 3.79. The number of sulfonamides is 1. The van der Waals surface area contributed by atoms with E-state index >= 15 is 0 Å². The highest BCUT2D eigenvalue weighted by Gasteiger charge is 2.27. The van der Waals surface area contributed by atoms with Gasteiger partial charge in [0.1, 0.15) is 10.8 Å². The molecule has 1 aromatic rings. The van der Waals surface area contributed by atoms with Gasteiger partial charge in [0.25, 0.3) is 0 Å². The third-order valence-electron chi connectivity index (χ3n) is 3.18. The second kappa shape index (κ2) is 6.60. The topological polar surface area (TPSA) is 63.4 Å². The molecule has 112 valence electrons. The second-order valence-electron chi connectivity index (χ2n) is 4.78. The fourth-order valence-electron chi connectivity index (χ4n) is 1.79. The molecule has 0 aliphatic rings. The number of thiocarbonyl (C=S) groups is 1. The van der Waals surface area contributed by atoms with Crippen molar-refractivity contribution in [2.45, 2.75) is 25.2 Å². The van der Waals surface area contributed by atoms with Gasteiger partial charge < -0.3 is 5.73 Å². The van der Waals surface area contributed by atoms with Crippen LogP contribution in [-0.2, 0) is 10.0 Å². The summed E-state index contributed by atoms with van der Waals surface area (Å²) in [5, 5.41) is 0. The summed E-state index contributed by atoms with van der Waals surface area (Å²) in [6.07, 6.45) is 0.852. The average Bonchev–Trinajstić information content (AvgIpc) is 2.37. The molecule has 0 bridgehead atoms. The van der Waals surface area contributed by atoms with Crippen LogP contribution in [0.2, 0.25) is 0 Å². The molecule has 4 nitrogen and oxygen atoms in total. The van der Waals surface area contributed by atoms with Crippen molar-refractivity contribution in [3.63, 3.8) is 0 Å². The Kier molecular flexibility index (Phi) is 5.61. The third kappa shape index (κ3) is 3.53. The SMILES string of the molecule is CCC(C)CN(C)S(=O)(=O)c1cccc(F)c1C(N)=S. The van der Waals surface area contributed by atoms with E-state index in [4.69, 9.17) is 18.0 Å². The van der Waals surface area contributed by atoms with Crippen LogP contribution in [0.25, 0.3) is 0 Å². The Morgan fingerprint density at radius 1 is 1.50 bits per heavy atom. The number of hydrogen-bond acceptors (Lipinski definition) is 3. The van der Waals surface area contributed by atoms with Crippen molar-refractivity contribution in [1.82, 2.24) is 4.31 Å². The lowest BCUT2D eigenvalue weighted by Gasteiger charge is -2.22. The van der Waals surface area contributed by atoms with Crippen molar-refractivity contribution in [2.75, 3.05) is 13.6 Å².